The molecule has 5 heteroatoms. The van der Waals surface area contributed by atoms with Crippen LogP contribution in [0.15, 0.2) is 59.1 Å². The van der Waals surface area contributed by atoms with Crippen LogP contribution in [-0.4, -0.2) is 14.7 Å². The van der Waals surface area contributed by atoms with Gasteiger partial charge in [-0.2, -0.15) is 4.98 Å². The molecule has 3 aromatic rings. The number of aromatic nitrogens is 2. The zero-order chi connectivity index (χ0) is 15.3. The van der Waals surface area contributed by atoms with E-state index < -0.39 is 0 Å². The average Bonchev–Trinajstić information content (AvgIpc) is 2.84. The van der Waals surface area contributed by atoms with Crippen molar-refractivity contribution in [2.75, 3.05) is 0 Å². The molecule has 1 N–H and O–H groups in total. The maximum absolute atomic E-state index is 12.3. The molecule has 1 aliphatic rings. The van der Waals surface area contributed by atoms with Crippen molar-refractivity contribution in [1.29, 1.82) is 0 Å². The van der Waals surface area contributed by atoms with E-state index in [4.69, 9.17) is 11.6 Å². The minimum Gasteiger partial charge on any atom is -0.510 e. The lowest BCUT2D eigenvalue weighted by Crippen LogP contribution is -2.15. The van der Waals surface area contributed by atoms with Crippen molar-refractivity contribution in [3.8, 4) is 0 Å². The van der Waals surface area contributed by atoms with Crippen molar-refractivity contribution in [2.24, 2.45) is 0 Å². The Balaban J connectivity index is 2.05. The number of hydrogen-bond donors (Lipinski definition) is 1. The third-order valence-corrected chi connectivity index (χ3v) is 4.06. The Morgan fingerprint density at radius 3 is 2.68 bits per heavy atom. The topological polar surface area (TPSA) is 55.1 Å². The van der Waals surface area contributed by atoms with Gasteiger partial charge in [0.15, 0.2) is 0 Å². The summed E-state index contributed by atoms with van der Waals surface area (Å²) < 4.78 is 1.82. The van der Waals surface area contributed by atoms with Crippen molar-refractivity contribution in [1.82, 2.24) is 9.55 Å². The quantitative estimate of drug-likeness (QED) is 0.749. The molecule has 0 saturated carbocycles. The highest BCUT2D eigenvalue weighted by atomic mass is 35.5. The van der Waals surface area contributed by atoms with E-state index in [0.717, 1.165) is 5.56 Å². The van der Waals surface area contributed by atoms with Gasteiger partial charge in [-0.3, -0.25) is 4.79 Å². The lowest BCUT2D eigenvalue weighted by molar-refractivity contribution is 0.389. The molecule has 0 unspecified atom stereocenters. The number of benzene rings is 2. The summed E-state index contributed by atoms with van der Waals surface area (Å²) in [5, 5.41) is 11.4. The fraction of sp³-hybridized carbons (Fsp3) is 0.0588. The molecule has 1 aliphatic heterocycles. The molecule has 0 aliphatic carbocycles. The number of aliphatic hydroxyl groups excluding tert-OH is 1. The van der Waals surface area contributed by atoms with Gasteiger partial charge in [-0.1, -0.05) is 41.9 Å². The Labute approximate surface area is 130 Å². The fourth-order valence-corrected chi connectivity index (χ4v) is 3.02. The van der Waals surface area contributed by atoms with Crippen molar-refractivity contribution in [2.45, 2.75) is 6.54 Å². The number of hydrogen-bond acceptors (Lipinski definition) is 3. The minimum absolute atomic E-state index is 0.200. The van der Waals surface area contributed by atoms with Crippen LogP contribution in [0.2, 0.25) is 5.02 Å². The van der Waals surface area contributed by atoms with Crippen molar-refractivity contribution >= 4 is 28.1 Å². The summed E-state index contributed by atoms with van der Waals surface area (Å²) in [6.45, 7) is 0.281. The molecule has 0 atom stereocenters. The largest absolute Gasteiger partial charge is 0.510 e. The molecule has 0 radical (unpaired) electrons. The second-order valence-electron chi connectivity index (χ2n) is 5.18. The van der Waals surface area contributed by atoms with E-state index in [1.165, 1.54) is 0 Å². The van der Waals surface area contributed by atoms with E-state index in [0.29, 0.717) is 27.3 Å². The smallest absolute Gasteiger partial charge is 0.281 e. The molecule has 1 aromatic heterocycles. The second-order valence-corrected chi connectivity index (χ2v) is 5.61. The zero-order valence-electron chi connectivity index (χ0n) is 11.5. The van der Waals surface area contributed by atoms with Gasteiger partial charge < -0.3 is 9.67 Å². The van der Waals surface area contributed by atoms with Gasteiger partial charge in [0.2, 0.25) is 0 Å². The number of aliphatic hydroxyl groups is 1. The lowest BCUT2D eigenvalue weighted by atomic mass is 10.1. The van der Waals surface area contributed by atoms with Gasteiger partial charge in [0, 0.05) is 5.02 Å². The minimum atomic E-state index is -0.318. The molecular formula is C17H11ClN2O2. The predicted molar refractivity (Wildman–Crippen MR) is 86.1 cm³/mol. The molecule has 2 aromatic carbocycles. The number of nitrogens with zero attached hydrogens (tertiary/aromatic N) is 2. The molecular weight excluding hydrogens is 300 g/mol. The van der Waals surface area contributed by atoms with Crippen LogP contribution < -0.4 is 5.56 Å². The van der Waals surface area contributed by atoms with E-state index in [2.05, 4.69) is 4.98 Å². The summed E-state index contributed by atoms with van der Waals surface area (Å²) in [6.07, 6.45) is 0. The van der Waals surface area contributed by atoms with Crippen LogP contribution in [0.1, 0.15) is 11.4 Å². The molecule has 22 heavy (non-hydrogen) atoms. The van der Waals surface area contributed by atoms with Crippen molar-refractivity contribution in [3.05, 3.63) is 81.1 Å². The highest BCUT2D eigenvalue weighted by Crippen LogP contribution is 2.32. The summed E-state index contributed by atoms with van der Waals surface area (Å²) >= 11 is 6.05. The molecule has 0 spiro atoms. The maximum Gasteiger partial charge on any atom is 0.281 e. The van der Waals surface area contributed by atoms with E-state index in [9.17, 15) is 9.90 Å². The van der Waals surface area contributed by atoms with Crippen LogP contribution in [0.4, 0.5) is 0 Å². The van der Waals surface area contributed by atoms with Crippen molar-refractivity contribution in [3.63, 3.8) is 0 Å². The first-order valence-corrected chi connectivity index (χ1v) is 7.21. The molecule has 0 bridgehead atoms. The molecule has 4 rings (SSSR count). The monoisotopic (exact) mass is 310 g/mol. The van der Waals surface area contributed by atoms with Gasteiger partial charge in [0.05, 0.1) is 23.0 Å². The highest BCUT2D eigenvalue weighted by molar-refractivity contribution is 6.31. The molecule has 0 saturated heterocycles. The average molecular weight is 311 g/mol. The van der Waals surface area contributed by atoms with Gasteiger partial charge in [0.1, 0.15) is 11.6 Å². The van der Waals surface area contributed by atoms with Crippen LogP contribution in [-0.2, 0) is 6.54 Å². The lowest BCUT2D eigenvalue weighted by Gasteiger charge is -2.09. The number of allylic oxidation sites excluding steroid dienone is 1. The second kappa shape index (κ2) is 4.71. The molecule has 0 amide bonds. The number of fused-ring (bicyclic) bond motifs is 3. The Morgan fingerprint density at radius 2 is 1.91 bits per heavy atom. The third kappa shape index (κ3) is 1.84. The molecule has 4 nitrogen and oxygen atoms in total. The standard InChI is InChI=1S/C17H11ClN2O2/c18-11-6-7-12-13(8-11)20-9-14(21)15(16(20)19-17(12)22)10-4-2-1-3-5-10/h1-8,21H,9H2. The van der Waals surface area contributed by atoms with E-state index >= 15 is 0 Å². The fourth-order valence-electron chi connectivity index (χ4n) is 2.85. The van der Waals surface area contributed by atoms with Crippen LogP contribution in [0, 0.1) is 0 Å². The molecule has 2 heterocycles. The zero-order valence-corrected chi connectivity index (χ0v) is 12.2. The van der Waals surface area contributed by atoms with Gasteiger partial charge in [-0.05, 0) is 23.8 Å². The van der Waals surface area contributed by atoms with Gasteiger partial charge >= 0.3 is 0 Å². The van der Waals surface area contributed by atoms with Crippen LogP contribution in [0.5, 0.6) is 0 Å². The summed E-state index contributed by atoms with van der Waals surface area (Å²) in [4.78, 5) is 16.4. The summed E-state index contributed by atoms with van der Waals surface area (Å²) in [5.74, 6) is 0.675. The van der Waals surface area contributed by atoms with Crippen LogP contribution in [0.3, 0.4) is 0 Å². The third-order valence-electron chi connectivity index (χ3n) is 3.83. The van der Waals surface area contributed by atoms with Crippen molar-refractivity contribution < 1.29 is 5.11 Å². The van der Waals surface area contributed by atoms with Crippen LogP contribution in [0.25, 0.3) is 16.5 Å². The first-order valence-electron chi connectivity index (χ1n) is 6.83. The van der Waals surface area contributed by atoms with E-state index in [1.807, 2.05) is 34.9 Å². The Bertz CT molecular complexity index is 991. The molecule has 108 valence electrons. The van der Waals surface area contributed by atoms with Gasteiger partial charge in [-0.15, -0.1) is 0 Å². The summed E-state index contributed by atoms with van der Waals surface area (Å²) in [6, 6.07) is 14.5. The highest BCUT2D eigenvalue weighted by Gasteiger charge is 2.25. The van der Waals surface area contributed by atoms with Crippen LogP contribution >= 0.6 is 11.6 Å². The SMILES string of the molecule is O=c1nc2n(c3cc(Cl)ccc13)CC(O)=C2c1ccccc1. The number of halogens is 1. The Hall–Kier alpha value is -2.59. The Morgan fingerprint density at radius 1 is 1.14 bits per heavy atom. The van der Waals surface area contributed by atoms with Gasteiger partial charge in [0.25, 0.3) is 5.56 Å². The summed E-state index contributed by atoms with van der Waals surface area (Å²) in [7, 11) is 0. The Kier molecular flexibility index (Phi) is 2.81. The summed E-state index contributed by atoms with van der Waals surface area (Å²) in [5.41, 5.74) is 1.79. The van der Waals surface area contributed by atoms with Gasteiger partial charge in [-0.25, -0.2) is 0 Å². The maximum atomic E-state index is 12.3. The molecule has 0 fully saturated rings. The first kappa shape index (κ1) is 13.1. The normalized spacial score (nSPS) is 13.7. The van der Waals surface area contributed by atoms with E-state index in [-0.39, 0.29) is 17.9 Å². The predicted octanol–water partition coefficient (Wildman–Crippen LogP) is 3.38. The number of rotatable bonds is 1. The first-order chi connectivity index (χ1) is 10.6. The van der Waals surface area contributed by atoms with E-state index in [1.54, 1.807) is 18.2 Å².